The molecule has 0 saturated carbocycles. The van der Waals surface area contributed by atoms with Crippen molar-refractivity contribution >= 4 is 62.3 Å². The number of para-hydroxylation sites is 1. The Balaban J connectivity index is 2.52. The first-order valence-electron chi connectivity index (χ1n) is 4.76. The average molecular weight is 387 g/mol. The fourth-order valence-electron chi connectivity index (χ4n) is 1.28. The molecule has 2 aromatic rings. The minimum atomic E-state index is 0.164. The molecule has 18 heavy (non-hydrogen) atoms. The summed E-state index contributed by atoms with van der Waals surface area (Å²) in [6, 6.07) is 9.15. The van der Waals surface area contributed by atoms with E-state index >= 15 is 0 Å². The van der Waals surface area contributed by atoms with Crippen molar-refractivity contribution < 1.29 is 4.74 Å². The summed E-state index contributed by atoms with van der Waals surface area (Å²) in [4.78, 5) is 0. The molecule has 2 rings (SSSR count). The van der Waals surface area contributed by atoms with E-state index in [0.717, 1.165) is 0 Å². The lowest BCUT2D eigenvalue weighted by Gasteiger charge is -2.13. The molecule has 6 heteroatoms. The quantitative estimate of drug-likeness (QED) is 0.405. The summed E-state index contributed by atoms with van der Waals surface area (Å²) in [5.74, 6) is 0.955. The van der Waals surface area contributed by atoms with Gasteiger partial charge in [0, 0.05) is 0 Å². The Bertz CT molecular complexity index is 557. The SMILES string of the molecule is Clc1c(Cl)c(Cl)c(Oc2ccccc2)c(Br)c1Cl. The molecule has 0 radical (unpaired) electrons. The maximum atomic E-state index is 6.10. The van der Waals surface area contributed by atoms with Crippen LogP contribution in [0.5, 0.6) is 11.5 Å². The van der Waals surface area contributed by atoms with Gasteiger partial charge in [0.05, 0.1) is 19.5 Å². The van der Waals surface area contributed by atoms with Crippen LogP contribution in [0.25, 0.3) is 0 Å². The summed E-state index contributed by atoms with van der Waals surface area (Å²) in [6.45, 7) is 0. The van der Waals surface area contributed by atoms with Gasteiger partial charge in [0.25, 0.3) is 0 Å². The van der Waals surface area contributed by atoms with Gasteiger partial charge in [-0.2, -0.15) is 0 Å². The van der Waals surface area contributed by atoms with Gasteiger partial charge in [-0.3, -0.25) is 0 Å². The number of hydrogen-bond acceptors (Lipinski definition) is 1. The van der Waals surface area contributed by atoms with E-state index in [1.165, 1.54) is 0 Å². The Morgan fingerprint density at radius 2 is 1.33 bits per heavy atom. The molecule has 0 saturated heterocycles. The van der Waals surface area contributed by atoms with Gasteiger partial charge in [-0.15, -0.1) is 0 Å². The summed E-state index contributed by atoms with van der Waals surface area (Å²) >= 11 is 27.3. The average Bonchev–Trinajstić information content (AvgIpc) is 2.40. The Kier molecular flexibility index (Phi) is 4.68. The standard InChI is InChI=1S/C12H5BrCl4O/c13-7-8(14)9(15)10(16)11(17)12(7)18-6-4-2-1-3-5-6/h1-5H. The second-order valence-electron chi connectivity index (χ2n) is 3.31. The minimum absolute atomic E-state index is 0.164. The molecule has 0 aliphatic rings. The van der Waals surface area contributed by atoms with Gasteiger partial charge in [0.1, 0.15) is 10.8 Å². The maximum Gasteiger partial charge on any atom is 0.163 e. The monoisotopic (exact) mass is 384 g/mol. The van der Waals surface area contributed by atoms with Crippen molar-refractivity contribution in [3.8, 4) is 11.5 Å². The predicted octanol–water partition coefficient (Wildman–Crippen LogP) is 6.86. The second-order valence-corrected chi connectivity index (χ2v) is 5.62. The van der Waals surface area contributed by atoms with Crippen molar-refractivity contribution in [3.63, 3.8) is 0 Å². The van der Waals surface area contributed by atoms with Gasteiger partial charge in [-0.05, 0) is 28.1 Å². The highest BCUT2D eigenvalue weighted by molar-refractivity contribution is 9.10. The van der Waals surface area contributed by atoms with E-state index in [-0.39, 0.29) is 20.1 Å². The van der Waals surface area contributed by atoms with E-state index in [1.54, 1.807) is 12.1 Å². The van der Waals surface area contributed by atoms with Crippen molar-refractivity contribution in [2.24, 2.45) is 0 Å². The zero-order chi connectivity index (χ0) is 13.3. The molecule has 0 atom stereocenters. The van der Waals surface area contributed by atoms with E-state index < -0.39 is 0 Å². The smallest absolute Gasteiger partial charge is 0.163 e. The van der Waals surface area contributed by atoms with Gasteiger partial charge >= 0.3 is 0 Å². The third kappa shape index (κ3) is 2.73. The molecule has 0 unspecified atom stereocenters. The summed E-state index contributed by atoms with van der Waals surface area (Å²) in [7, 11) is 0. The summed E-state index contributed by atoms with van der Waals surface area (Å²) in [5.41, 5.74) is 0. The lowest BCUT2D eigenvalue weighted by Crippen LogP contribution is -1.89. The van der Waals surface area contributed by atoms with Crippen LogP contribution in [0.15, 0.2) is 34.8 Å². The highest BCUT2D eigenvalue weighted by Gasteiger charge is 2.20. The van der Waals surface area contributed by atoms with Gasteiger partial charge in [0.2, 0.25) is 0 Å². The number of hydrogen-bond donors (Lipinski definition) is 0. The van der Waals surface area contributed by atoms with Crippen molar-refractivity contribution in [2.45, 2.75) is 0 Å². The normalized spacial score (nSPS) is 10.5. The highest BCUT2D eigenvalue weighted by atomic mass is 79.9. The zero-order valence-electron chi connectivity index (χ0n) is 8.68. The Morgan fingerprint density at radius 3 is 1.94 bits per heavy atom. The van der Waals surface area contributed by atoms with Gasteiger partial charge in [-0.25, -0.2) is 0 Å². The fourth-order valence-corrected chi connectivity index (χ4v) is 2.86. The molecule has 0 aromatic heterocycles. The lowest BCUT2D eigenvalue weighted by atomic mass is 10.3. The van der Waals surface area contributed by atoms with E-state index in [1.807, 2.05) is 18.2 Å². The van der Waals surface area contributed by atoms with Crippen molar-refractivity contribution in [2.75, 3.05) is 0 Å². The Hall–Kier alpha value is -0.120. The molecule has 94 valence electrons. The van der Waals surface area contributed by atoms with Crippen LogP contribution in [0.1, 0.15) is 0 Å². The van der Waals surface area contributed by atoms with Crippen molar-refractivity contribution in [1.82, 2.24) is 0 Å². The molecule has 0 N–H and O–H groups in total. The number of halogens is 5. The van der Waals surface area contributed by atoms with E-state index in [0.29, 0.717) is 16.0 Å². The number of rotatable bonds is 2. The number of ether oxygens (including phenoxy) is 1. The molecule has 0 bridgehead atoms. The van der Waals surface area contributed by atoms with E-state index in [9.17, 15) is 0 Å². The van der Waals surface area contributed by atoms with Crippen LogP contribution in [-0.4, -0.2) is 0 Å². The van der Waals surface area contributed by atoms with E-state index in [2.05, 4.69) is 15.9 Å². The molecule has 0 heterocycles. The zero-order valence-corrected chi connectivity index (χ0v) is 13.3. The topological polar surface area (TPSA) is 9.23 Å². The third-order valence-corrected chi connectivity index (χ3v) is 4.90. The van der Waals surface area contributed by atoms with Crippen LogP contribution in [0, 0.1) is 0 Å². The fraction of sp³-hybridized carbons (Fsp3) is 0. The van der Waals surface area contributed by atoms with E-state index in [4.69, 9.17) is 51.1 Å². The van der Waals surface area contributed by atoms with Crippen LogP contribution >= 0.6 is 62.3 Å². The van der Waals surface area contributed by atoms with Gasteiger partial charge in [0.15, 0.2) is 5.75 Å². The Morgan fingerprint density at radius 1 is 0.778 bits per heavy atom. The van der Waals surface area contributed by atoms with Crippen molar-refractivity contribution in [3.05, 3.63) is 54.9 Å². The molecule has 0 fully saturated rings. The van der Waals surface area contributed by atoms with Gasteiger partial charge < -0.3 is 4.74 Å². The van der Waals surface area contributed by atoms with Crippen LogP contribution in [0.2, 0.25) is 20.1 Å². The Labute approximate surface area is 133 Å². The van der Waals surface area contributed by atoms with Crippen LogP contribution < -0.4 is 4.74 Å². The maximum absolute atomic E-state index is 6.10. The van der Waals surface area contributed by atoms with Crippen LogP contribution in [-0.2, 0) is 0 Å². The molecule has 0 aliphatic heterocycles. The van der Waals surface area contributed by atoms with Crippen LogP contribution in [0.3, 0.4) is 0 Å². The first-order chi connectivity index (χ1) is 8.52. The molecule has 0 aliphatic carbocycles. The second kappa shape index (κ2) is 5.89. The summed E-state index contributed by atoms with van der Waals surface area (Å²) < 4.78 is 6.12. The molecular formula is C12H5BrCl4O. The van der Waals surface area contributed by atoms with Crippen molar-refractivity contribution in [1.29, 1.82) is 0 Å². The largest absolute Gasteiger partial charge is 0.454 e. The molecule has 0 spiro atoms. The first-order valence-corrected chi connectivity index (χ1v) is 7.07. The third-order valence-electron chi connectivity index (χ3n) is 2.13. The summed E-state index contributed by atoms with van der Waals surface area (Å²) in [6.07, 6.45) is 0. The van der Waals surface area contributed by atoms with Gasteiger partial charge in [-0.1, -0.05) is 64.6 Å². The molecule has 2 aromatic carbocycles. The van der Waals surface area contributed by atoms with Crippen LogP contribution in [0.4, 0.5) is 0 Å². The first kappa shape index (κ1) is 14.3. The molecular weight excluding hydrogens is 382 g/mol. The molecule has 0 amide bonds. The highest BCUT2D eigenvalue weighted by Crippen LogP contribution is 2.49. The molecule has 1 nitrogen and oxygen atoms in total. The lowest BCUT2D eigenvalue weighted by molar-refractivity contribution is 0.480. The number of benzene rings is 2. The minimum Gasteiger partial charge on any atom is -0.454 e. The summed E-state index contributed by atoms with van der Waals surface area (Å²) in [5, 5.41) is 0.826. The predicted molar refractivity (Wildman–Crippen MR) is 80.7 cm³/mol.